The summed E-state index contributed by atoms with van der Waals surface area (Å²) in [7, 11) is 0. The number of amides is 2. The molecular formula is C25H24N2O2S. The van der Waals surface area contributed by atoms with Crippen LogP contribution in [-0.2, 0) is 4.79 Å². The predicted octanol–water partition coefficient (Wildman–Crippen LogP) is 5.64. The summed E-state index contributed by atoms with van der Waals surface area (Å²) in [5.74, 6) is 0.459. The van der Waals surface area contributed by atoms with Crippen molar-refractivity contribution in [2.45, 2.75) is 26.1 Å². The van der Waals surface area contributed by atoms with E-state index in [2.05, 4.69) is 18.3 Å². The predicted molar refractivity (Wildman–Crippen MR) is 124 cm³/mol. The van der Waals surface area contributed by atoms with E-state index in [0.29, 0.717) is 11.3 Å². The van der Waals surface area contributed by atoms with Crippen LogP contribution in [0.25, 0.3) is 0 Å². The molecule has 0 radical (unpaired) electrons. The summed E-state index contributed by atoms with van der Waals surface area (Å²) in [4.78, 5) is 27.1. The number of benzene rings is 3. The second-order valence-electron chi connectivity index (χ2n) is 7.61. The lowest BCUT2D eigenvalue weighted by Crippen LogP contribution is -2.28. The molecular weight excluding hydrogens is 392 g/mol. The number of carbonyl (C=O) groups is 2. The van der Waals surface area contributed by atoms with Crippen molar-refractivity contribution < 1.29 is 9.59 Å². The molecule has 1 aliphatic rings. The Balaban J connectivity index is 1.55. The van der Waals surface area contributed by atoms with Gasteiger partial charge in [0.1, 0.15) is 5.37 Å². The summed E-state index contributed by atoms with van der Waals surface area (Å²) in [6.07, 6.45) is 0. The maximum atomic E-state index is 12.6. The highest BCUT2D eigenvalue weighted by atomic mass is 32.2. The van der Waals surface area contributed by atoms with E-state index in [9.17, 15) is 9.59 Å². The average Bonchev–Trinajstić information content (AvgIpc) is 3.10. The van der Waals surface area contributed by atoms with Crippen molar-refractivity contribution in [1.29, 1.82) is 0 Å². The van der Waals surface area contributed by atoms with Crippen LogP contribution < -0.4 is 10.2 Å². The van der Waals surface area contributed by atoms with Crippen LogP contribution in [0, 0.1) is 20.8 Å². The van der Waals surface area contributed by atoms with Gasteiger partial charge in [0.25, 0.3) is 5.91 Å². The maximum absolute atomic E-state index is 12.6. The molecule has 1 aliphatic heterocycles. The first-order chi connectivity index (χ1) is 14.4. The zero-order chi connectivity index (χ0) is 21.3. The third-order valence-corrected chi connectivity index (χ3v) is 6.54. The van der Waals surface area contributed by atoms with E-state index in [0.717, 1.165) is 28.1 Å². The van der Waals surface area contributed by atoms with E-state index < -0.39 is 0 Å². The molecule has 0 saturated carbocycles. The van der Waals surface area contributed by atoms with E-state index in [1.165, 1.54) is 5.56 Å². The standard InChI is InChI=1S/C25H24N2O2S/c1-16-8-13-22(18(3)14-16)27-23(28)15-30-25(27)19-9-11-20(12-10-19)26-24(29)21-7-5-4-6-17(21)2/h4-14,25H,15H2,1-3H3,(H,26,29)/t25-/m1/s1. The fraction of sp³-hybridized carbons (Fsp3) is 0.200. The van der Waals surface area contributed by atoms with Crippen molar-refractivity contribution in [2.24, 2.45) is 0 Å². The third kappa shape index (κ3) is 3.98. The summed E-state index contributed by atoms with van der Waals surface area (Å²) >= 11 is 1.63. The molecule has 1 fully saturated rings. The average molecular weight is 417 g/mol. The third-order valence-electron chi connectivity index (χ3n) is 5.32. The number of hydrogen-bond donors (Lipinski definition) is 1. The smallest absolute Gasteiger partial charge is 0.255 e. The molecule has 0 aliphatic carbocycles. The Morgan fingerprint density at radius 2 is 1.70 bits per heavy atom. The van der Waals surface area contributed by atoms with Gasteiger partial charge in [-0.25, -0.2) is 0 Å². The quantitative estimate of drug-likeness (QED) is 0.598. The molecule has 0 bridgehead atoms. The monoisotopic (exact) mass is 416 g/mol. The summed E-state index contributed by atoms with van der Waals surface area (Å²) in [5, 5.41) is 2.89. The Kier molecular flexibility index (Phi) is 5.64. The lowest BCUT2D eigenvalue weighted by Gasteiger charge is -2.26. The second kappa shape index (κ2) is 8.36. The van der Waals surface area contributed by atoms with Crippen molar-refractivity contribution in [2.75, 3.05) is 16.0 Å². The van der Waals surface area contributed by atoms with Gasteiger partial charge in [0.15, 0.2) is 0 Å². The van der Waals surface area contributed by atoms with Gasteiger partial charge in [0.2, 0.25) is 5.91 Å². The maximum Gasteiger partial charge on any atom is 0.255 e. The van der Waals surface area contributed by atoms with Crippen LogP contribution >= 0.6 is 11.8 Å². The van der Waals surface area contributed by atoms with E-state index >= 15 is 0 Å². The molecule has 1 atom stereocenters. The van der Waals surface area contributed by atoms with Gasteiger partial charge in [-0.2, -0.15) is 0 Å². The summed E-state index contributed by atoms with van der Waals surface area (Å²) < 4.78 is 0. The Morgan fingerprint density at radius 3 is 2.40 bits per heavy atom. The number of nitrogens with zero attached hydrogens (tertiary/aromatic N) is 1. The molecule has 0 aromatic heterocycles. The Labute approximate surface area is 181 Å². The molecule has 3 aromatic rings. The molecule has 4 nitrogen and oxygen atoms in total. The molecule has 5 heteroatoms. The van der Waals surface area contributed by atoms with Crippen LogP contribution in [0.3, 0.4) is 0 Å². The zero-order valence-electron chi connectivity index (χ0n) is 17.3. The van der Waals surface area contributed by atoms with Crippen LogP contribution in [0.5, 0.6) is 0 Å². The minimum atomic E-state index is -0.122. The number of rotatable bonds is 4. The largest absolute Gasteiger partial charge is 0.322 e. The molecule has 4 rings (SSSR count). The SMILES string of the molecule is Cc1ccc(N2C(=O)CS[C@@H]2c2ccc(NC(=O)c3ccccc3C)cc2)c(C)c1. The minimum Gasteiger partial charge on any atom is -0.322 e. The lowest BCUT2D eigenvalue weighted by molar-refractivity contribution is -0.115. The lowest BCUT2D eigenvalue weighted by atomic mass is 10.1. The van der Waals surface area contributed by atoms with Gasteiger partial charge in [-0.05, 0) is 61.7 Å². The number of nitrogens with one attached hydrogen (secondary N) is 1. The highest BCUT2D eigenvalue weighted by Crippen LogP contribution is 2.43. The minimum absolute atomic E-state index is 0.0694. The molecule has 3 aromatic carbocycles. The van der Waals surface area contributed by atoms with Crippen molar-refractivity contribution >= 4 is 35.0 Å². The summed E-state index contributed by atoms with van der Waals surface area (Å²) in [5.41, 5.74) is 6.62. The van der Waals surface area contributed by atoms with E-state index in [-0.39, 0.29) is 17.2 Å². The fourth-order valence-electron chi connectivity index (χ4n) is 3.76. The van der Waals surface area contributed by atoms with Crippen LogP contribution in [0.15, 0.2) is 66.7 Å². The fourth-order valence-corrected chi connectivity index (χ4v) is 4.93. The van der Waals surface area contributed by atoms with Gasteiger partial charge in [0.05, 0.1) is 5.75 Å². The number of hydrogen-bond acceptors (Lipinski definition) is 3. The van der Waals surface area contributed by atoms with Crippen LogP contribution in [0.2, 0.25) is 0 Å². The van der Waals surface area contributed by atoms with Gasteiger partial charge < -0.3 is 5.32 Å². The molecule has 2 amide bonds. The topological polar surface area (TPSA) is 49.4 Å². The van der Waals surface area contributed by atoms with E-state index in [1.807, 2.05) is 79.4 Å². The molecule has 30 heavy (non-hydrogen) atoms. The van der Waals surface area contributed by atoms with Gasteiger partial charge in [-0.3, -0.25) is 14.5 Å². The second-order valence-corrected chi connectivity index (χ2v) is 8.68. The van der Waals surface area contributed by atoms with E-state index in [1.54, 1.807) is 11.8 Å². The summed E-state index contributed by atoms with van der Waals surface area (Å²) in [6, 6.07) is 21.5. The van der Waals surface area contributed by atoms with Gasteiger partial charge in [-0.1, -0.05) is 48.0 Å². The first-order valence-corrected chi connectivity index (χ1v) is 11.0. The van der Waals surface area contributed by atoms with Crippen molar-refractivity contribution in [3.8, 4) is 0 Å². The molecule has 1 N–H and O–H groups in total. The Hall–Kier alpha value is -3.05. The number of aryl methyl sites for hydroxylation is 3. The summed E-state index contributed by atoms with van der Waals surface area (Å²) in [6.45, 7) is 6.02. The van der Waals surface area contributed by atoms with Gasteiger partial charge in [0, 0.05) is 16.9 Å². The molecule has 1 heterocycles. The highest BCUT2D eigenvalue weighted by Gasteiger charge is 2.34. The zero-order valence-corrected chi connectivity index (χ0v) is 18.1. The van der Waals surface area contributed by atoms with Gasteiger partial charge >= 0.3 is 0 Å². The van der Waals surface area contributed by atoms with E-state index in [4.69, 9.17) is 0 Å². The number of carbonyl (C=O) groups excluding carboxylic acids is 2. The first-order valence-electron chi connectivity index (χ1n) is 9.92. The van der Waals surface area contributed by atoms with Gasteiger partial charge in [-0.15, -0.1) is 11.8 Å². The van der Waals surface area contributed by atoms with Crippen molar-refractivity contribution in [3.05, 3.63) is 94.5 Å². The number of thioether (sulfide) groups is 1. The Morgan fingerprint density at radius 1 is 0.967 bits per heavy atom. The first kappa shape index (κ1) is 20.2. The molecule has 0 spiro atoms. The van der Waals surface area contributed by atoms with Crippen LogP contribution in [0.1, 0.15) is 38.0 Å². The van der Waals surface area contributed by atoms with Crippen molar-refractivity contribution in [3.63, 3.8) is 0 Å². The van der Waals surface area contributed by atoms with Crippen molar-refractivity contribution in [1.82, 2.24) is 0 Å². The Bertz CT molecular complexity index is 1110. The molecule has 1 saturated heterocycles. The number of anilines is 2. The molecule has 0 unspecified atom stereocenters. The highest BCUT2D eigenvalue weighted by molar-refractivity contribution is 8.00. The normalized spacial score (nSPS) is 16.0. The molecule has 152 valence electrons. The van der Waals surface area contributed by atoms with Crippen LogP contribution in [0.4, 0.5) is 11.4 Å². The van der Waals surface area contributed by atoms with Crippen LogP contribution in [-0.4, -0.2) is 17.6 Å².